The SMILES string of the molecule is CC1=CC(=O)N(CCC#N)C1=O. The summed E-state index contributed by atoms with van der Waals surface area (Å²) in [4.78, 5) is 23.3. The van der Waals surface area contributed by atoms with Crippen LogP contribution in [0.3, 0.4) is 0 Å². The molecule has 0 aromatic heterocycles. The van der Waals surface area contributed by atoms with E-state index in [-0.39, 0.29) is 24.8 Å². The monoisotopic (exact) mass is 164 g/mol. The van der Waals surface area contributed by atoms with Crippen molar-refractivity contribution in [1.82, 2.24) is 4.90 Å². The smallest absolute Gasteiger partial charge is 0.256 e. The molecule has 1 aliphatic rings. The molecule has 0 saturated carbocycles. The van der Waals surface area contributed by atoms with E-state index in [1.54, 1.807) is 6.92 Å². The highest BCUT2D eigenvalue weighted by molar-refractivity contribution is 6.15. The zero-order valence-electron chi connectivity index (χ0n) is 6.70. The maximum Gasteiger partial charge on any atom is 0.256 e. The largest absolute Gasteiger partial charge is 0.274 e. The van der Waals surface area contributed by atoms with Crippen LogP contribution in [0.25, 0.3) is 0 Å². The lowest BCUT2D eigenvalue weighted by Crippen LogP contribution is -2.31. The Kier molecular flexibility index (Phi) is 2.24. The van der Waals surface area contributed by atoms with Crippen molar-refractivity contribution in [3.05, 3.63) is 11.6 Å². The molecule has 4 heteroatoms. The van der Waals surface area contributed by atoms with E-state index in [0.29, 0.717) is 5.57 Å². The second-order valence-corrected chi connectivity index (χ2v) is 2.53. The third kappa shape index (κ3) is 1.35. The first-order chi connectivity index (χ1) is 5.66. The zero-order chi connectivity index (χ0) is 9.14. The molecule has 0 radical (unpaired) electrons. The summed E-state index contributed by atoms with van der Waals surface area (Å²) in [6.07, 6.45) is 1.48. The molecule has 2 amide bonds. The summed E-state index contributed by atoms with van der Waals surface area (Å²) in [5, 5.41) is 8.25. The van der Waals surface area contributed by atoms with E-state index in [2.05, 4.69) is 0 Å². The molecule has 0 N–H and O–H groups in total. The summed E-state index contributed by atoms with van der Waals surface area (Å²) in [5.41, 5.74) is 0.443. The van der Waals surface area contributed by atoms with Gasteiger partial charge in [-0.15, -0.1) is 0 Å². The van der Waals surface area contributed by atoms with Gasteiger partial charge in [-0.1, -0.05) is 0 Å². The minimum atomic E-state index is -0.312. The average Bonchev–Trinajstić information content (AvgIpc) is 2.25. The topological polar surface area (TPSA) is 61.2 Å². The third-order valence-corrected chi connectivity index (χ3v) is 1.64. The van der Waals surface area contributed by atoms with Crippen LogP contribution in [-0.4, -0.2) is 23.3 Å². The van der Waals surface area contributed by atoms with Gasteiger partial charge in [-0.25, -0.2) is 0 Å². The van der Waals surface area contributed by atoms with E-state index in [1.165, 1.54) is 6.08 Å². The fraction of sp³-hybridized carbons (Fsp3) is 0.375. The van der Waals surface area contributed by atoms with Crippen molar-refractivity contribution >= 4 is 11.8 Å². The maximum atomic E-state index is 11.1. The number of nitriles is 1. The van der Waals surface area contributed by atoms with Crippen LogP contribution in [0, 0.1) is 11.3 Å². The van der Waals surface area contributed by atoms with Crippen LogP contribution >= 0.6 is 0 Å². The summed E-state index contributed by atoms with van der Waals surface area (Å²) >= 11 is 0. The van der Waals surface area contributed by atoms with Gasteiger partial charge in [0.15, 0.2) is 0 Å². The van der Waals surface area contributed by atoms with Crippen molar-refractivity contribution in [3.8, 4) is 6.07 Å². The van der Waals surface area contributed by atoms with Crippen molar-refractivity contribution in [1.29, 1.82) is 5.26 Å². The van der Waals surface area contributed by atoms with E-state index in [4.69, 9.17) is 5.26 Å². The summed E-state index contributed by atoms with van der Waals surface area (Å²) < 4.78 is 0. The number of nitrogens with zero attached hydrogens (tertiary/aromatic N) is 2. The third-order valence-electron chi connectivity index (χ3n) is 1.64. The van der Waals surface area contributed by atoms with Gasteiger partial charge in [-0.2, -0.15) is 5.26 Å². The van der Waals surface area contributed by atoms with E-state index in [1.807, 2.05) is 6.07 Å². The van der Waals surface area contributed by atoms with Gasteiger partial charge in [-0.3, -0.25) is 14.5 Å². The van der Waals surface area contributed by atoms with Crippen LogP contribution in [0.2, 0.25) is 0 Å². The normalized spacial score (nSPS) is 16.3. The van der Waals surface area contributed by atoms with Crippen molar-refractivity contribution < 1.29 is 9.59 Å². The van der Waals surface area contributed by atoms with E-state index in [0.717, 1.165) is 4.90 Å². The first-order valence-electron chi connectivity index (χ1n) is 3.58. The molecule has 0 saturated heterocycles. The predicted molar refractivity (Wildman–Crippen MR) is 40.7 cm³/mol. The zero-order valence-corrected chi connectivity index (χ0v) is 6.70. The highest BCUT2D eigenvalue weighted by atomic mass is 16.2. The van der Waals surface area contributed by atoms with Gasteiger partial charge < -0.3 is 0 Å². The van der Waals surface area contributed by atoms with Gasteiger partial charge in [-0.05, 0) is 6.92 Å². The Balaban J connectivity index is 2.65. The Morgan fingerprint density at radius 1 is 1.58 bits per heavy atom. The summed E-state index contributed by atoms with van der Waals surface area (Å²) in [6.45, 7) is 1.79. The Labute approximate surface area is 70.1 Å². The lowest BCUT2D eigenvalue weighted by atomic mass is 10.3. The number of imide groups is 1. The number of rotatable bonds is 2. The van der Waals surface area contributed by atoms with Crippen molar-refractivity contribution in [2.45, 2.75) is 13.3 Å². The van der Waals surface area contributed by atoms with Crippen LogP contribution < -0.4 is 0 Å². The molecule has 0 spiro atoms. The summed E-state index contributed by atoms with van der Waals surface area (Å²) in [6, 6.07) is 1.88. The highest BCUT2D eigenvalue weighted by Crippen LogP contribution is 2.11. The second kappa shape index (κ2) is 3.18. The van der Waals surface area contributed by atoms with Gasteiger partial charge in [0.25, 0.3) is 11.8 Å². The predicted octanol–water partition coefficient (Wildman–Crippen LogP) is 0.215. The molecule has 0 atom stereocenters. The van der Waals surface area contributed by atoms with Gasteiger partial charge >= 0.3 is 0 Å². The minimum Gasteiger partial charge on any atom is -0.274 e. The molecular weight excluding hydrogens is 156 g/mol. The molecular formula is C8H8N2O2. The lowest BCUT2D eigenvalue weighted by molar-refractivity contribution is -0.137. The van der Waals surface area contributed by atoms with Crippen molar-refractivity contribution in [2.75, 3.05) is 6.54 Å². The van der Waals surface area contributed by atoms with E-state index >= 15 is 0 Å². The minimum absolute atomic E-state index is 0.193. The molecule has 0 unspecified atom stereocenters. The average molecular weight is 164 g/mol. The van der Waals surface area contributed by atoms with Gasteiger partial charge in [0, 0.05) is 18.2 Å². The number of carbonyl (C=O) groups excluding carboxylic acids is 2. The van der Waals surface area contributed by atoms with Crippen LogP contribution in [0.4, 0.5) is 0 Å². The number of carbonyl (C=O) groups is 2. The molecule has 1 heterocycles. The number of amides is 2. The summed E-state index contributed by atoms with van der Waals surface area (Å²) in [5.74, 6) is -0.594. The van der Waals surface area contributed by atoms with Crippen molar-refractivity contribution in [3.63, 3.8) is 0 Å². The summed E-state index contributed by atoms with van der Waals surface area (Å²) in [7, 11) is 0. The quantitative estimate of drug-likeness (QED) is 0.548. The van der Waals surface area contributed by atoms with Crippen molar-refractivity contribution in [2.24, 2.45) is 0 Å². The molecule has 1 aliphatic heterocycles. The first kappa shape index (κ1) is 8.47. The van der Waals surface area contributed by atoms with Gasteiger partial charge in [0.2, 0.25) is 0 Å². The molecule has 12 heavy (non-hydrogen) atoms. The fourth-order valence-corrected chi connectivity index (χ4v) is 1.01. The van der Waals surface area contributed by atoms with E-state index in [9.17, 15) is 9.59 Å². The van der Waals surface area contributed by atoms with Crippen LogP contribution in [-0.2, 0) is 9.59 Å². The second-order valence-electron chi connectivity index (χ2n) is 2.53. The molecule has 0 aliphatic carbocycles. The molecule has 4 nitrogen and oxygen atoms in total. The molecule has 0 fully saturated rings. The Morgan fingerprint density at radius 3 is 2.67 bits per heavy atom. The molecule has 0 bridgehead atoms. The van der Waals surface area contributed by atoms with E-state index < -0.39 is 0 Å². The standard InChI is InChI=1S/C8H8N2O2/c1-6-5-7(11)10(8(6)12)4-2-3-9/h5H,2,4H2,1H3. The Morgan fingerprint density at radius 2 is 2.25 bits per heavy atom. The Bertz CT molecular complexity index is 299. The lowest BCUT2D eigenvalue weighted by Gasteiger charge is -2.10. The van der Waals surface area contributed by atoms with Crippen LogP contribution in [0.5, 0.6) is 0 Å². The number of hydrogen-bond acceptors (Lipinski definition) is 3. The molecule has 1 rings (SSSR count). The maximum absolute atomic E-state index is 11.1. The van der Waals surface area contributed by atoms with Crippen LogP contribution in [0.15, 0.2) is 11.6 Å². The first-order valence-corrected chi connectivity index (χ1v) is 3.58. The molecule has 62 valence electrons. The number of hydrogen-bond donors (Lipinski definition) is 0. The molecule has 0 aromatic carbocycles. The molecule has 0 aromatic rings. The van der Waals surface area contributed by atoms with Crippen LogP contribution in [0.1, 0.15) is 13.3 Å². The fourth-order valence-electron chi connectivity index (χ4n) is 1.01. The van der Waals surface area contributed by atoms with Gasteiger partial charge in [0.1, 0.15) is 0 Å². The Hall–Kier alpha value is -1.63. The highest BCUT2D eigenvalue weighted by Gasteiger charge is 2.27. The van der Waals surface area contributed by atoms with Gasteiger partial charge in [0.05, 0.1) is 12.5 Å².